The Morgan fingerprint density at radius 3 is 2.45 bits per heavy atom. The molecule has 1 heterocycles. The number of aromatic nitrogens is 2. The van der Waals surface area contributed by atoms with E-state index in [2.05, 4.69) is 42.9 Å². The van der Waals surface area contributed by atoms with E-state index < -0.39 is 0 Å². The highest BCUT2D eigenvalue weighted by Gasteiger charge is 2.13. The molecule has 2 aromatic rings. The Morgan fingerprint density at radius 2 is 1.85 bits per heavy atom. The van der Waals surface area contributed by atoms with E-state index in [4.69, 9.17) is 12.2 Å². The largest absolute Gasteiger partial charge is 0.342 e. The van der Waals surface area contributed by atoms with E-state index in [1.165, 1.54) is 0 Å². The summed E-state index contributed by atoms with van der Waals surface area (Å²) in [6.07, 6.45) is 0. The fourth-order valence-corrected chi connectivity index (χ4v) is 2.74. The molecule has 20 heavy (non-hydrogen) atoms. The number of aromatic amines is 1. The molecule has 4 heteroatoms. The van der Waals surface area contributed by atoms with Crippen molar-refractivity contribution < 1.29 is 0 Å². The maximum atomic E-state index is 5.40. The predicted octanol–water partition coefficient (Wildman–Crippen LogP) is 5.15. The van der Waals surface area contributed by atoms with Crippen molar-refractivity contribution in [1.82, 2.24) is 9.97 Å². The number of H-pyrrole nitrogens is 1. The molecular formula is C16H20N2S2. The zero-order valence-corrected chi connectivity index (χ0v) is 14.0. The fourth-order valence-electron chi connectivity index (χ4n) is 1.83. The van der Waals surface area contributed by atoms with E-state index in [0.717, 1.165) is 28.4 Å². The lowest BCUT2D eigenvalue weighted by molar-refractivity contribution is 0.800. The van der Waals surface area contributed by atoms with Crippen LogP contribution in [0.4, 0.5) is 0 Å². The highest BCUT2D eigenvalue weighted by molar-refractivity contribution is 7.99. The summed E-state index contributed by atoms with van der Waals surface area (Å²) in [5.41, 5.74) is 3.27. The highest BCUT2D eigenvalue weighted by atomic mass is 32.2. The second kappa shape index (κ2) is 6.10. The summed E-state index contributed by atoms with van der Waals surface area (Å²) in [4.78, 5) is 7.94. The van der Waals surface area contributed by atoms with Crippen molar-refractivity contribution in [2.24, 2.45) is 0 Å². The Morgan fingerprint density at radius 1 is 1.20 bits per heavy atom. The van der Waals surface area contributed by atoms with E-state index in [0.29, 0.717) is 4.64 Å². The summed E-state index contributed by atoms with van der Waals surface area (Å²) in [6, 6.07) is 10.3. The van der Waals surface area contributed by atoms with Gasteiger partial charge in [-0.25, -0.2) is 4.98 Å². The molecule has 0 saturated heterocycles. The first-order valence-corrected chi connectivity index (χ1v) is 8.05. The summed E-state index contributed by atoms with van der Waals surface area (Å²) < 4.78 is 0.904. The van der Waals surface area contributed by atoms with Gasteiger partial charge in [-0.15, -0.1) is 11.8 Å². The van der Waals surface area contributed by atoms with Gasteiger partial charge in [0.05, 0.1) is 11.4 Å². The minimum absolute atomic E-state index is 0.217. The van der Waals surface area contributed by atoms with Crippen LogP contribution in [0.5, 0.6) is 0 Å². The van der Waals surface area contributed by atoms with Crippen LogP contribution in [0.15, 0.2) is 30.3 Å². The zero-order chi connectivity index (χ0) is 14.8. The Balaban J connectivity index is 2.38. The van der Waals surface area contributed by atoms with Crippen molar-refractivity contribution in [2.75, 3.05) is 0 Å². The SMILES string of the molecule is Cc1c(-c2ccccc2)[nH]c(CSC(C)(C)C)nc1=S. The number of rotatable bonds is 3. The molecule has 0 spiro atoms. The van der Waals surface area contributed by atoms with Gasteiger partial charge < -0.3 is 4.98 Å². The van der Waals surface area contributed by atoms with Crippen LogP contribution in [0.2, 0.25) is 0 Å². The molecule has 1 aromatic carbocycles. The summed E-state index contributed by atoms with van der Waals surface area (Å²) >= 11 is 7.26. The van der Waals surface area contributed by atoms with E-state index in [1.807, 2.05) is 36.9 Å². The van der Waals surface area contributed by atoms with Crippen LogP contribution in [0.25, 0.3) is 11.3 Å². The Labute approximate surface area is 130 Å². The van der Waals surface area contributed by atoms with Crippen molar-refractivity contribution in [2.45, 2.75) is 38.2 Å². The van der Waals surface area contributed by atoms with Gasteiger partial charge in [0.1, 0.15) is 10.5 Å². The van der Waals surface area contributed by atoms with Crippen molar-refractivity contribution in [3.63, 3.8) is 0 Å². The van der Waals surface area contributed by atoms with Gasteiger partial charge >= 0.3 is 0 Å². The predicted molar refractivity (Wildman–Crippen MR) is 90.6 cm³/mol. The third-order valence-electron chi connectivity index (χ3n) is 2.91. The topological polar surface area (TPSA) is 28.7 Å². The molecule has 0 unspecified atom stereocenters. The molecule has 2 rings (SSSR count). The van der Waals surface area contributed by atoms with Gasteiger partial charge in [0, 0.05) is 10.3 Å². The van der Waals surface area contributed by atoms with E-state index in [1.54, 1.807) is 0 Å². The van der Waals surface area contributed by atoms with Crippen LogP contribution in [0.3, 0.4) is 0 Å². The molecule has 0 fully saturated rings. The van der Waals surface area contributed by atoms with Crippen molar-refractivity contribution >= 4 is 24.0 Å². The molecule has 0 saturated carbocycles. The molecule has 0 radical (unpaired) electrons. The van der Waals surface area contributed by atoms with E-state index in [9.17, 15) is 0 Å². The Bertz CT molecular complexity index is 640. The lowest BCUT2D eigenvalue weighted by atomic mass is 10.1. The maximum Gasteiger partial charge on any atom is 0.133 e. The molecule has 1 aromatic heterocycles. The molecular weight excluding hydrogens is 284 g/mol. The van der Waals surface area contributed by atoms with Crippen LogP contribution in [-0.4, -0.2) is 14.7 Å². The summed E-state index contributed by atoms with van der Waals surface area (Å²) in [7, 11) is 0. The molecule has 0 amide bonds. The number of nitrogens with zero attached hydrogens (tertiary/aromatic N) is 1. The first-order valence-electron chi connectivity index (χ1n) is 6.66. The smallest absolute Gasteiger partial charge is 0.133 e. The van der Waals surface area contributed by atoms with Crippen molar-refractivity contribution in [1.29, 1.82) is 0 Å². The van der Waals surface area contributed by atoms with Crippen molar-refractivity contribution in [3.8, 4) is 11.3 Å². The van der Waals surface area contributed by atoms with Crippen molar-refractivity contribution in [3.05, 3.63) is 46.4 Å². The number of thioether (sulfide) groups is 1. The molecule has 106 valence electrons. The minimum Gasteiger partial charge on any atom is -0.342 e. The van der Waals surface area contributed by atoms with Gasteiger partial charge in [-0.05, 0) is 12.5 Å². The number of hydrogen-bond acceptors (Lipinski definition) is 3. The van der Waals surface area contributed by atoms with Crippen LogP contribution < -0.4 is 0 Å². The monoisotopic (exact) mass is 304 g/mol. The Hall–Kier alpha value is -1.13. The third-order valence-corrected chi connectivity index (χ3v) is 4.59. The summed E-state index contributed by atoms with van der Waals surface area (Å²) in [5, 5.41) is 0. The molecule has 0 aliphatic carbocycles. The molecule has 0 atom stereocenters. The van der Waals surface area contributed by atoms with E-state index >= 15 is 0 Å². The van der Waals surface area contributed by atoms with Gasteiger partial charge in [-0.2, -0.15) is 0 Å². The standard InChI is InChI=1S/C16H20N2S2/c1-11-14(12-8-6-5-7-9-12)17-13(18-15(11)19)10-20-16(2,3)4/h5-9H,10H2,1-4H3,(H,17,18,19). The second-order valence-electron chi connectivity index (χ2n) is 5.76. The zero-order valence-electron chi connectivity index (χ0n) is 12.4. The number of nitrogens with one attached hydrogen (secondary N) is 1. The van der Waals surface area contributed by atoms with E-state index in [-0.39, 0.29) is 4.75 Å². The second-order valence-corrected chi connectivity index (χ2v) is 7.94. The molecule has 0 aliphatic rings. The van der Waals surface area contributed by atoms with Crippen LogP contribution >= 0.6 is 24.0 Å². The fraction of sp³-hybridized carbons (Fsp3) is 0.375. The highest BCUT2D eigenvalue weighted by Crippen LogP contribution is 2.27. The first-order chi connectivity index (χ1) is 9.37. The first kappa shape index (κ1) is 15.3. The summed E-state index contributed by atoms with van der Waals surface area (Å²) in [6.45, 7) is 8.64. The van der Waals surface area contributed by atoms with Crippen LogP contribution in [0, 0.1) is 11.6 Å². The number of hydrogen-bond donors (Lipinski definition) is 1. The van der Waals surface area contributed by atoms with Crippen LogP contribution in [-0.2, 0) is 5.75 Å². The lowest BCUT2D eigenvalue weighted by Crippen LogP contribution is -2.09. The van der Waals surface area contributed by atoms with Gasteiger partial charge in [0.15, 0.2) is 0 Å². The maximum absolute atomic E-state index is 5.40. The molecule has 2 nitrogen and oxygen atoms in total. The lowest BCUT2D eigenvalue weighted by Gasteiger charge is -2.17. The van der Waals surface area contributed by atoms with Crippen LogP contribution in [0.1, 0.15) is 32.2 Å². The normalized spacial score (nSPS) is 11.6. The quantitative estimate of drug-likeness (QED) is 0.795. The minimum atomic E-state index is 0.217. The van der Waals surface area contributed by atoms with Gasteiger partial charge in [-0.1, -0.05) is 63.3 Å². The van der Waals surface area contributed by atoms with Gasteiger partial charge in [0.25, 0.3) is 0 Å². The Kier molecular flexibility index (Phi) is 4.66. The molecule has 0 bridgehead atoms. The van der Waals surface area contributed by atoms with Gasteiger partial charge in [0.2, 0.25) is 0 Å². The average molecular weight is 304 g/mol. The molecule has 0 aliphatic heterocycles. The molecule has 1 N–H and O–H groups in total. The number of benzene rings is 1. The average Bonchev–Trinajstić information content (AvgIpc) is 2.40. The summed E-state index contributed by atoms with van der Waals surface area (Å²) in [5.74, 6) is 1.78. The third kappa shape index (κ3) is 3.93. The van der Waals surface area contributed by atoms with Gasteiger partial charge in [-0.3, -0.25) is 0 Å².